The summed E-state index contributed by atoms with van der Waals surface area (Å²) in [5.41, 5.74) is 2.58. The maximum atomic E-state index is 10.9. The van der Waals surface area contributed by atoms with Crippen LogP contribution < -0.4 is 0 Å². The van der Waals surface area contributed by atoms with Crippen molar-refractivity contribution in [2.75, 3.05) is 0 Å². The van der Waals surface area contributed by atoms with Gasteiger partial charge in [-0.15, -0.1) is 0 Å². The number of para-hydroxylation sites is 1. The lowest BCUT2D eigenvalue weighted by Crippen LogP contribution is -1.98. The number of aryl methyl sites for hydroxylation is 1. The second-order valence-corrected chi connectivity index (χ2v) is 4.44. The van der Waals surface area contributed by atoms with Crippen LogP contribution in [0.4, 0.5) is 0 Å². The Morgan fingerprint density at radius 2 is 2.41 bits per heavy atom. The topological polar surface area (TPSA) is 63.3 Å². The molecule has 0 bridgehead atoms. The number of hydrogen-bond donors (Lipinski definition) is 1. The Hall–Kier alpha value is -1.84. The Kier molecular flexibility index (Phi) is 2.18. The van der Waals surface area contributed by atoms with E-state index < -0.39 is 5.97 Å². The van der Waals surface area contributed by atoms with Gasteiger partial charge in [-0.1, -0.05) is 19.1 Å². The molecule has 4 heteroatoms. The molecule has 0 spiro atoms. The van der Waals surface area contributed by atoms with E-state index in [-0.39, 0.29) is 11.8 Å². The number of carboxylic acids is 1. The molecule has 2 aromatic rings. The van der Waals surface area contributed by atoms with E-state index >= 15 is 0 Å². The van der Waals surface area contributed by atoms with Crippen LogP contribution in [0.15, 0.2) is 22.6 Å². The van der Waals surface area contributed by atoms with E-state index in [0.717, 1.165) is 23.1 Å². The number of rotatable bonds is 3. The highest BCUT2D eigenvalue weighted by atomic mass is 16.4. The zero-order valence-electron chi connectivity index (χ0n) is 9.51. The van der Waals surface area contributed by atoms with Crippen LogP contribution in [-0.2, 0) is 11.2 Å². The van der Waals surface area contributed by atoms with Crippen LogP contribution in [0.3, 0.4) is 0 Å². The second kappa shape index (κ2) is 3.58. The average Bonchev–Trinajstić information content (AvgIpc) is 3.00. The molecule has 0 radical (unpaired) electrons. The first kappa shape index (κ1) is 10.3. The van der Waals surface area contributed by atoms with Gasteiger partial charge in [0.25, 0.3) is 0 Å². The molecule has 3 rings (SSSR count). The molecule has 1 fully saturated rings. The molecule has 1 heterocycles. The minimum absolute atomic E-state index is 0.0915. The van der Waals surface area contributed by atoms with Crippen molar-refractivity contribution >= 4 is 17.1 Å². The van der Waals surface area contributed by atoms with Crippen LogP contribution in [0.5, 0.6) is 0 Å². The van der Waals surface area contributed by atoms with Gasteiger partial charge in [-0.25, -0.2) is 4.98 Å². The van der Waals surface area contributed by atoms with Gasteiger partial charge in [0, 0.05) is 17.9 Å². The van der Waals surface area contributed by atoms with Crippen molar-refractivity contribution in [1.29, 1.82) is 0 Å². The van der Waals surface area contributed by atoms with Crippen molar-refractivity contribution in [2.24, 2.45) is 5.92 Å². The third-order valence-corrected chi connectivity index (χ3v) is 3.30. The molecule has 1 aromatic heterocycles. The monoisotopic (exact) mass is 231 g/mol. The van der Waals surface area contributed by atoms with Crippen molar-refractivity contribution < 1.29 is 14.3 Å². The van der Waals surface area contributed by atoms with Gasteiger partial charge in [0.1, 0.15) is 5.52 Å². The van der Waals surface area contributed by atoms with Gasteiger partial charge in [0.05, 0.1) is 5.92 Å². The summed E-state index contributed by atoms with van der Waals surface area (Å²) >= 11 is 0. The molecule has 2 atom stereocenters. The fourth-order valence-corrected chi connectivity index (χ4v) is 2.27. The number of carbonyl (C=O) groups is 1. The molecular weight excluding hydrogens is 218 g/mol. The summed E-state index contributed by atoms with van der Waals surface area (Å²) in [6, 6.07) is 5.76. The Bertz CT molecular complexity index is 587. The van der Waals surface area contributed by atoms with Gasteiger partial charge in [-0.05, 0) is 12.5 Å². The zero-order chi connectivity index (χ0) is 12.0. The van der Waals surface area contributed by atoms with Crippen LogP contribution >= 0.6 is 0 Å². The molecular formula is C13H13NO3. The third kappa shape index (κ3) is 1.60. The van der Waals surface area contributed by atoms with Crippen LogP contribution in [0.25, 0.3) is 11.1 Å². The van der Waals surface area contributed by atoms with Crippen molar-refractivity contribution in [1.82, 2.24) is 4.98 Å². The third-order valence-electron chi connectivity index (χ3n) is 3.30. The highest BCUT2D eigenvalue weighted by molar-refractivity contribution is 5.81. The lowest BCUT2D eigenvalue weighted by atomic mass is 10.1. The largest absolute Gasteiger partial charge is 0.481 e. The zero-order valence-corrected chi connectivity index (χ0v) is 9.51. The lowest BCUT2D eigenvalue weighted by molar-refractivity contribution is -0.138. The first-order valence-corrected chi connectivity index (χ1v) is 5.82. The van der Waals surface area contributed by atoms with Crippen LogP contribution in [-0.4, -0.2) is 16.1 Å². The van der Waals surface area contributed by atoms with Crippen LogP contribution in [0.2, 0.25) is 0 Å². The number of hydrogen-bond acceptors (Lipinski definition) is 3. The minimum Gasteiger partial charge on any atom is -0.481 e. The predicted octanol–water partition coefficient (Wildman–Crippen LogP) is 2.58. The minimum atomic E-state index is -0.720. The fraction of sp³-hybridized carbons (Fsp3) is 0.385. The fourth-order valence-electron chi connectivity index (χ4n) is 2.27. The van der Waals surface area contributed by atoms with Gasteiger partial charge >= 0.3 is 5.97 Å². The highest BCUT2D eigenvalue weighted by Crippen LogP contribution is 2.49. The Labute approximate surface area is 98.3 Å². The van der Waals surface area contributed by atoms with Gasteiger partial charge < -0.3 is 9.52 Å². The molecule has 1 aliphatic carbocycles. The van der Waals surface area contributed by atoms with Crippen molar-refractivity contribution in [3.05, 3.63) is 29.7 Å². The van der Waals surface area contributed by atoms with Gasteiger partial charge in [-0.3, -0.25) is 4.79 Å². The molecule has 1 aromatic carbocycles. The number of carboxylic acid groups (broad SMARTS) is 1. The SMILES string of the molecule is CCc1nc2cccc([C@@H]3C[C@H]3C(=O)O)c2o1. The number of nitrogens with zero attached hydrogens (tertiary/aromatic N) is 1. The number of fused-ring (bicyclic) bond motifs is 1. The molecule has 0 amide bonds. The number of aromatic nitrogens is 1. The van der Waals surface area contributed by atoms with E-state index in [4.69, 9.17) is 9.52 Å². The maximum absolute atomic E-state index is 10.9. The van der Waals surface area contributed by atoms with E-state index in [2.05, 4.69) is 4.98 Å². The van der Waals surface area contributed by atoms with E-state index in [9.17, 15) is 4.79 Å². The number of oxazole rings is 1. The van der Waals surface area contributed by atoms with E-state index in [1.54, 1.807) is 0 Å². The highest BCUT2D eigenvalue weighted by Gasteiger charge is 2.45. The first-order valence-electron chi connectivity index (χ1n) is 5.82. The smallest absolute Gasteiger partial charge is 0.307 e. The van der Waals surface area contributed by atoms with Crippen molar-refractivity contribution in [2.45, 2.75) is 25.7 Å². The molecule has 0 unspecified atom stereocenters. The predicted molar refractivity (Wildman–Crippen MR) is 61.9 cm³/mol. The molecule has 1 N–H and O–H groups in total. The second-order valence-electron chi connectivity index (χ2n) is 4.44. The Balaban J connectivity index is 2.05. The summed E-state index contributed by atoms with van der Waals surface area (Å²) in [6.45, 7) is 1.99. The van der Waals surface area contributed by atoms with E-state index in [0.29, 0.717) is 12.3 Å². The van der Waals surface area contributed by atoms with Gasteiger partial charge in [0.15, 0.2) is 11.5 Å². The van der Waals surface area contributed by atoms with Crippen molar-refractivity contribution in [3.63, 3.8) is 0 Å². The number of benzene rings is 1. The van der Waals surface area contributed by atoms with Crippen LogP contribution in [0.1, 0.15) is 30.7 Å². The summed E-state index contributed by atoms with van der Waals surface area (Å²) in [4.78, 5) is 15.3. The Morgan fingerprint density at radius 3 is 3.06 bits per heavy atom. The van der Waals surface area contributed by atoms with E-state index in [1.807, 2.05) is 25.1 Å². The molecule has 1 aliphatic rings. The summed E-state index contributed by atoms with van der Waals surface area (Å²) < 4.78 is 5.67. The summed E-state index contributed by atoms with van der Waals surface area (Å²) in [5.74, 6) is -0.174. The normalized spacial score (nSPS) is 22.9. The van der Waals surface area contributed by atoms with Crippen LogP contribution in [0, 0.1) is 5.92 Å². The standard InChI is InChI=1S/C13H13NO3/c1-2-11-14-10-5-3-4-7(12(10)17-11)8-6-9(8)13(15)16/h3-5,8-9H,2,6H2,1H3,(H,15,16)/t8-,9+/m0/s1. The van der Waals surface area contributed by atoms with Gasteiger partial charge in [0.2, 0.25) is 0 Å². The lowest BCUT2D eigenvalue weighted by Gasteiger charge is -1.98. The summed E-state index contributed by atoms with van der Waals surface area (Å²) in [6.07, 6.45) is 1.46. The number of aliphatic carboxylic acids is 1. The molecule has 17 heavy (non-hydrogen) atoms. The molecule has 0 aliphatic heterocycles. The molecule has 88 valence electrons. The van der Waals surface area contributed by atoms with Crippen molar-refractivity contribution in [3.8, 4) is 0 Å². The Morgan fingerprint density at radius 1 is 1.59 bits per heavy atom. The van der Waals surface area contributed by atoms with Gasteiger partial charge in [-0.2, -0.15) is 0 Å². The summed E-state index contributed by atoms with van der Waals surface area (Å²) in [7, 11) is 0. The summed E-state index contributed by atoms with van der Waals surface area (Å²) in [5, 5.41) is 8.96. The molecule has 1 saturated carbocycles. The maximum Gasteiger partial charge on any atom is 0.307 e. The first-order chi connectivity index (χ1) is 8.20. The quantitative estimate of drug-likeness (QED) is 0.881. The molecule has 4 nitrogen and oxygen atoms in total. The molecule has 0 saturated heterocycles. The van der Waals surface area contributed by atoms with E-state index in [1.165, 1.54) is 0 Å². The average molecular weight is 231 g/mol.